The fourth-order valence-electron chi connectivity index (χ4n) is 3.66. The number of hydrogen-bond acceptors (Lipinski definition) is 3. The first kappa shape index (κ1) is 16.2. The van der Waals surface area contributed by atoms with Crippen LogP contribution in [0, 0.1) is 0 Å². The van der Waals surface area contributed by atoms with E-state index in [4.69, 9.17) is 0 Å². The second-order valence-electron chi connectivity index (χ2n) is 6.02. The van der Waals surface area contributed by atoms with E-state index in [9.17, 15) is 4.79 Å². The minimum atomic E-state index is -0.228. The molecule has 0 unspecified atom stereocenters. The first-order chi connectivity index (χ1) is 10.2. The molecule has 1 heterocycles. The van der Waals surface area contributed by atoms with E-state index in [2.05, 4.69) is 36.7 Å². The number of rotatable bonds is 7. The Bertz CT molecular complexity index is 457. The van der Waals surface area contributed by atoms with Gasteiger partial charge in [-0.05, 0) is 44.0 Å². The number of aryl methyl sites for hydroxylation is 1. The molecule has 21 heavy (non-hydrogen) atoms. The normalized spacial score (nSPS) is 17.3. The van der Waals surface area contributed by atoms with Gasteiger partial charge in [-0.2, -0.15) is 0 Å². The van der Waals surface area contributed by atoms with Crippen LogP contribution in [0.4, 0.5) is 0 Å². The fourth-order valence-corrected chi connectivity index (χ4v) is 3.66. The van der Waals surface area contributed by atoms with Crippen molar-refractivity contribution in [3.63, 3.8) is 0 Å². The summed E-state index contributed by atoms with van der Waals surface area (Å²) in [4.78, 5) is 19.8. The molecule has 3 heteroatoms. The molecule has 0 N–H and O–H groups in total. The Balaban J connectivity index is 2.15. The van der Waals surface area contributed by atoms with Gasteiger partial charge in [0.25, 0.3) is 0 Å². The Morgan fingerprint density at radius 2 is 1.86 bits per heavy atom. The summed E-state index contributed by atoms with van der Waals surface area (Å²) in [5, 5.41) is 0. The predicted octanol–water partition coefficient (Wildman–Crippen LogP) is 3.41. The van der Waals surface area contributed by atoms with Gasteiger partial charge in [0.15, 0.2) is 5.78 Å². The number of aromatic nitrogens is 1. The second-order valence-corrected chi connectivity index (χ2v) is 6.02. The van der Waals surface area contributed by atoms with Crippen LogP contribution in [-0.4, -0.2) is 34.3 Å². The molecule has 0 spiro atoms. The molecule has 0 aliphatic heterocycles. The zero-order valence-corrected chi connectivity index (χ0v) is 13.7. The van der Waals surface area contributed by atoms with Crippen molar-refractivity contribution in [1.82, 2.24) is 9.88 Å². The highest BCUT2D eigenvalue weighted by molar-refractivity contribution is 5.90. The molecule has 1 saturated carbocycles. The lowest BCUT2D eigenvalue weighted by molar-refractivity contribution is -0.130. The third-order valence-corrected chi connectivity index (χ3v) is 4.95. The summed E-state index contributed by atoms with van der Waals surface area (Å²) in [5.41, 5.74) is 1.91. The molecule has 0 aromatic carbocycles. The van der Waals surface area contributed by atoms with E-state index in [0.717, 1.165) is 38.0 Å². The monoisotopic (exact) mass is 288 g/mol. The van der Waals surface area contributed by atoms with Gasteiger partial charge in [-0.25, -0.2) is 0 Å². The summed E-state index contributed by atoms with van der Waals surface area (Å²) in [6.45, 7) is 8.33. The molecular weight excluding hydrogens is 260 g/mol. The van der Waals surface area contributed by atoms with Crippen LogP contribution in [0.3, 0.4) is 0 Å². The number of carbonyl (C=O) groups excluding carboxylic acids is 1. The average molecular weight is 288 g/mol. The number of carbonyl (C=O) groups is 1. The maximum Gasteiger partial charge on any atom is 0.159 e. The van der Waals surface area contributed by atoms with Crippen LogP contribution in [0.2, 0.25) is 0 Å². The first-order valence-electron chi connectivity index (χ1n) is 8.38. The molecule has 1 fully saturated rings. The molecule has 0 saturated heterocycles. The van der Waals surface area contributed by atoms with Gasteiger partial charge in [0, 0.05) is 11.9 Å². The standard InChI is InChI=1S/C18H28N2O/c1-4-15-9-10-16(19-14-15)13-17(21)18(11-7-8-12-18)20(5-2)6-3/h9-10,14H,4-8,11-13H2,1-3H3. The van der Waals surface area contributed by atoms with E-state index in [1.54, 1.807) is 0 Å². The maximum atomic E-state index is 13.0. The number of pyridine rings is 1. The van der Waals surface area contributed by atoms with Crippen molar-refractivity contribution in [2.45, 2.75) is 64.8 Å². The molecule has 2 rings (SSSR count). The Morgan fingerprint density at radius 3 is 2.33 bits per heavy atom. The van der Waals surface area contributed by atoms with Gasteiger partial charge < -0.3 is 0 Å². The summed E-state index contributed by atoms with van der Waals surface area (Å²) < 4.78 is 0. The predicted molar refractivity (Wildman–Crippen MR) is 86.4 cm³/mol. The van der Waals surface area contributed by atoms with Crippen molar-refractivity contribution < 1.29 is 4.79 Å². The van der Waals surface area contributed by atoms with Crippen LogP contribution in [0.25, 0.3) is 0 Å². The molecule has 0 radical (unpaired) electrons. The minimum Gasteiger partial charge on any atom is -0.297 e. The molecule has 1 aromatic rings. The van der Waals surface area contributed by atoms with Gasteiger partial charge >= 0.3 is 0 Å². The molecule has 1 aliphatic rings. The Kier molecular flexibility index (Phi) is 5.51. The molecule has 1 aliphatic carbocycles. The molecule has 0 atom stereocenters. The quantitative estimate of drug-likeness (QED) is 0.771. The van der Waals surface area contributed by atoms with Gasteiger partial charge in [0.2, 0.25) is 0 Å². The van der Waals surface area contributed by atoms with Crippen molar-refractivity contribution in [1.29, 1.82) is 0 Å². The Hall–Kier alpha value is -1.22. The minimum absolute atomic E-state index is 0.228. The highest BCUT2D eigenvalue weighted by atomic mass is 16.1. The van der Waals surface area contributed by atoms with Crippen molar-refractivity contribution in [2.24, 2.45) is 0 Å². The second kappa shape index (κ2) is 7.17. The summed E-state index contributed by atoms with van der Waals surface area (Å²) in [6, 6.07) is 4.11. The molecule has 0 amide bonds. The van der Waals surface area contributed by atoms with E-state index in [-0.39, 0.29) is 5.54 Å². The van der Waals surface area contributed by atoms with Crippen molar-refractivity contribution >= 4 is 5.78 Å². The lowest BCUT2D eigenvalue weighted by Crippen LogP contribution is -2.53. The molecule has 116 valence electrons. The number of ketones is 1. The van der Waals surface area contributed by atoms with Crippen LogP contribution in [0.1, 0.15) is 57.7 Å². The van der Waals surface area contributed by atoms with Crippen molar-refractivity contribution in [3.05, 3.63) is 29.6 Å². The third kappa shape index (κ3) is 3.34. The highest BCUT2D eigenvalue weighted by Gasteiger charge is 2.44. The first-order valence-corrected chi connectivity index (χ1v) is 8.38. The molecule has 0 bridgehead atoms. The maximum absolute atomic E-state index is 13.0. The Labute approximate surface area is 128 Å². The zero-order valence-electron chi connectivity index (χ0n) is 13.7. The van der Waals surface area contributed by atoms with Gasteiger partial charge in [0.1, 0.15) is 0 Å². The summed E-state index contributed by atoms with van der Waals surface area (Å²) in [7, 11) is 0. The van der Waals surface area contributed by atoms with Gasteiger partial charge in [-0.15, -0.1) is 0 Å². The number of Topliss-reactive ketones (excluding diaryl/α,β-unsaturated/α-hetero) is 1. The van der Waals surface area contributed by atoms with E-state index >= 15 is 0 Å². The zero-order chi connectivity index (χ0) is 15.3. The Morgan fingerprint density at radius 1 is 1.19 bits per heavy atom. The lowest BCUT2D eigenvalue weighted by atomic mass is 9.87. The summed E-state index contributed by atoms with van der Waals surface area (Å²) >= 11 is 0. The van der Waals surface area contributed by atoms with Crippen LogP contribution in [-0.2, 0) is 17.6 Å². The van der Waals surface area contributed by atoms with Gasteiger partial charge in [0.05, 0.1) is 12.0 Å². The summed E-state index contributed by atoms with van der Waals surface area (Å²) in [5.74, 6) is 0.362. The summed E-state index contributed by atoms with van der Waals surface area (Å²) in [6.07, 6.45) is 7.74. The van der Waals surface area contributed by atoms with E-state index in [1.807, 2.05) is 12.3 Å². The number of likely N-dealkylation sites (N-methyl/N-ethyl adjacent to an activating group) is 1. The van der Waals surface area contributed by atoms with Crippen molar-refractivity contribution in [3.8, 4) is 0 Å². The average Bonchev–Trinajstić information content (AvgIpc) is 3.00. The largest absolute Gasteiger partial charge is 0.297 e. The van der Waals surface area contributed by atoms with Crippen LogP contribution in [0.15, 0.2) is 18.3 Å². The van der Waals surface area contributed by atoms with E-state index in [1.165, 1.54) is 18.4 Å². The van der Waals surface area contributed by atoms with Crippen LogP contribution < -0.4 is 0 Å². The molecular formula is C18H28N2O. The lowest BCUT2D eigenvalue weighted by Gasteiger charge is -2.39. The van der Waals surface area contributed by atoms with Gasteiger partial charge in [-0.1, -0.05) is 39.7 Å². The topological polar surface area (TPSA) is 33.2 Å². The highest BCUT2D eigenvalue weighted by Crippen LogP contribution is 2.36. The van der Waals surface area contributed by atoms with Crippen LogP contribution in [0.5, 0.6) is 0 Å². The number of hydrogen-bond donors (Lipinski definition) is 0. The smallest absolute Gasteiger partial charge is 0.159 e. The van der Waals surface area contributed by atoms with Crippen LogP contribution >= 0.6 is 0 Å². The van der Waals surface area contributed by atoms with Gasteiger partial charge in [-0.3, -0.25) is 14.7 Å². The molecule has 1 aromatic heterocycles. The third-order valence-electron chi connectivity index (χ3n) is 4.95. The van der Waals surface area contributed by atoms with Crippen molar-refractivity contribution in [2.75, 3.05) is 13.1 Å². The van der Waals surface area contributed by atoms with E-state index < -0.39 is 0 Å². The molecule has 3 nitrogen and oxygen atoms in total. The fraction of sp³-hybridized carbons (Fsp3) is 0.667. The number of nitrogens with zero attached hydrogens (tertiary/aromatic N) is 2. The van der Waals surface area contributed by atoms with E-state index in [0.29, 0.717) is 12.2 Å². The SMILES string of the molecule is CCc1ccc(CC(=O)C2(N(CC)CC)CCCC2)nc1.